The Kier molecular flexibility index (Phi) is 5.10. The van der Waals surface area contributed by atoms with E-state index < -0.39 is 11.7 Å². The summed E-state index contributed by atoms with van der Waals surface area (Å²) < 4.78 is 43.2. The van der Waals surface area contributed by atoms with Gasteiger partial charge in [0, 0.05) is 24.0 Å². The van der Waals surface area contributed by atoms with Crippen molar-refractivity contribution in [2.75, 3.05) is 19.7 Å². The third kappa shape index (κ3) is 4.38. The van der Waals surface area contributed by atoms with Crippen molar-refractivity contribution in [2.24, 2.45) is 0 Å². The number of hydrogen-bond acceptors (Lipinski definition) is 4. The molecule has 1 unspecified atom stereocenters. The molecule has 3 rings (SSSR count). The van der Waals surface area contributed by atoms with Crippen molar-refractivity contribution in [3.05, 3.63) is 40.9 Å². The summed E-state index contributed by atoms with van der Waals surface area (Å²) in [7, 11) is 0. The van der Waals surface area contributed by atoms with Gasteiger partial charge in [-0.3, -0.25) is 4.79 Å². The van der Waals surface area contributed by atoms with Crippen molar-refractivity contribution < 1.29 is 22.7 Å². The molecular weight excluding hydrogens is 353 g/mol. The zero-order chi connectivity index (χ0) is 18.0. The minimum atomic E-state index is -4.35. The van der Waals surface area contributed by atoms with E-state index in [0.29, 0.717) is 36.0 Å². The molecule has 0 radical (unpaired) electrons. The van der Waals surface area contributed by atoms with Gasteiger partial charge in [-0.2, -0.15) is 13.2 Å². The van der Waals surface area contributed by atoms with Crippen molar-refractivity contribution in [2.45, 2.75) is 25.6 Å². The van der Waals surface area contributed by atoms with Crippen LogP contribution in [0.25, 0.3) is 10.6 Å². The van der Waals surface area contributed by atoms with Gasteiger partial charge in [0.1, 0.15) is 5.01 Å². The number of halogens is 3. The molecule has 25 heavy (non-hydrogen) atoms. The van der Waals surface area contributed by atoms with E-state index in [9.17, 15) is 18.0 Å². The third-order valence-electron chi connectivity index (χ3n) is 3.94. The molecular formula is C17H17F3N2O2S. The van der Waals surface area contributed by atoms with Crippen LogP contribution in [0, 0.1) is 0 Å². The predicted octanol–water partition coefficient (Wildman–Crippen LogP) is 3.62. The number of aromatic nitrogens is 1. The standard InChI is InChI=1S/C17H17F3N2O2S/c1-11-9-22(6-7-24-11)15(23)8-14-10-25-16(21-14)12-2-4-13(5-3-12)17(18,19)20/h2-5,10-11H,6-9H2,1H3. The molecule has 2 aromatic rings. The Bertz CT molecular complexity index is 743. The molecule has 1 amide bonds. The number of ether oxygens (including phenoxy) is 1. The number of benzene rings is 1. The fraction of sp³-hybridized carbons (Fsp3) is 0.412. The molecule has 0 aliphatic carbocycles. The molecule has 8 heteroatoms. The topological polar surface area (TPSA) is 42.4 Å². The Labute approximate surface area is 147 Å². The van der Waals surface area contributed by atoms with Gasteiger partial charge in [-0.05, 0) is 19.1 Å². The van der Waals surface area contributed by atoms with Crippen molar-refractivity contribution in [3.8, 4) is 10.6 Å². The van der Waals surface area contributed by atoms with E-state index in [0.717, 1.165) is 12.1 Å². The smallest absolute Gasteiger partial charge is 0.375 e. The maximum Gasteiger partial charge on any atom is 0.416 e. The van der Waals surface area contributed by atoms with Gasteiger partial charge in [0.15, 0.2) is 0 Å². The molecule has 1 fully saturated rings. The van der Waals surface area contributed by atoms with E-state index in [2.05, 4.69) is 4.98 Å². The Morgan fingerprint density at radius 3 is 2.72 bits per heavy atom. The van der Waals surface area contributed by atoms with Crippen LogP contribution >= 0.6 is 11.3 Å². The van der Waals surface area contributed by atoms with Gasteiger partial charge in [0.25, 0.3) is 0 Å². The summed E-state index contributed by atoms with van der Waals surface area (Å²) in [4.78, 5) is 18.5. The number of morpholine rings is 1. The molecule has 0 N–H and O–H groups in total. The summed E-state index contributed by atoms with van der Waals surface area (Å²) in [5.41, 5.74) is 0.547. The fourth-order valence-corrected chi connectivity index (χ4v) is 3.46. The number of alkyl halides is 3. The highest BCUT2D eigenvalue weighted by atomic mass is 32.1. The van der Waals surface area contributed by atoms with Gasteiger partial charge < -0.3 is 9.64 Å². The van der Waals surface area contributed by atoms with Crippen LogP contribution in [0.4, 0.5) is 13.2 Å². The van der Waals surface area contributed by atoms with E-state index in [1.807, 2.05) is 6.92 Å². The molecule has 2 heterocycles. The number of carbonyl (C=O) groups is 1. The minimum absolute atomic E-state index is 0.0144. The molecule has 0 spiro atoms. The first-order valence-electron chi connectivity index (χ1n) is 7.84. The summed E-state index contributed by atoms with van der Waals surface area (Å²) >= 11 is 1.32. The SMILES string of the molecule is CC1CN(C(=O)Cc2csc(-c3ccc(C(F)(F)F)cc3)n2)CCO1. The summed E-state index contributed by atoms with van der Waals surface area (Å²) in [5.74, 6) is -0.0144. The lowest BCUT2D eigenvalue weighted by Crippen LogP contribution is -2.45. The lowest BCUT2D eigenvalue weighted by Gasteiger charge is -2.31. The van der Waals surface area contributed by atoms with Crippen LogP contribution in [0.3, 0.4) is 0 Å². The zero-order valence-corrected chi connectivity index (χ0v) is 14.4. The molecule has 1 aromatic heterocycles. The average Bonchev–Trinajstić information content (AvgIpc) is 3.02. The fourth-order valence-electron chi connectivity index (χ4n) is 2.63. The van der Waals surface area contributed by atoms with E-state index in [-0.39, 0.29) is 18.4 Å². The van der Waals surface area contributed by atoms with Crippen LogP contribution in [0.1, 0.15) is 18.2 Å². The van der Waals surface area contributed by atoms with Crippen LogP contribution < -0.4 is 0 Å². The van der Waals surface area contributed by atoms with Gasteiger partial charge in [0.2, 0.25) is 5.91 Å². The number of nitrogens with zero attached hydrogens (tertiary/aromatic N) is 2. The lowest BCUT2D eigenvalue weighted by atomic mass is 10.1. The molecule has 0 saturated carbocycles. The van der Waals surface area contributed by atoms with Gasteiger partial charge in [-0.25, -0.2) is 4.98 Å². The number of rotatable bonds is 3. The largest absolute Gasteiger partial charge is 0.416 e. The Morgan fingerprint density at radius 1 is 1.36 bits per heavy atom. The second-order valence-corrected chi connectivity index (χ2v) is 6.78. The highest BCUT2D eigenvalue weighted by Gasteiger charge is 2.30. The van der Waals surface area contributed by atoms with E-state index in [1.165, 1.54) is 23.5 Å². The summed E-state index contributed by atoms with van der Waals surface area (Å²) in [5, 5.41) is 2.38. The number of hydrogen-bond donors (Lipinski definition) is 0. The highest BCUT2D eigenvalue weighted by molar-refractivity contribution is 7.13. The van der Waals surface area contributed by atoms with Gasteiger partial charge in [-0.1, -0.05) is 12.1 Å². The first-order valence-corrected chi connectivity index (χ1v) is 8.72. The number of thiazole rings is 1. The minimum Gasteiger partial charge on any atom is -0.375 e. The van der Waals surface area contributed by atoms with Crippen LogP contribution in [-0.4, -0.2) is 41.6 Å². The van der Waals surface area contributed by atoms with Crippen LogP contribution in [0.5, 0.6) is 0 Å². The highest BCUT2D eigenvalue weighted by Crippen LogP contribution is 2.31. The monoisotopic (exact) mass is 370 g/mol. The van der Waals surface area contributed by atoms with Crippen LogP contribution in [0.2, 0.25) is 0 Å². The summed E-state index contributed by atoms with van der Waals surface area (Å²) in [6, 6.07) is 4.88. The van der Waals surface area contributed by atoms with E-state index >= 15 is 0 Å². The quantitative estimate of drug-likeness (QED) is 0.829. The van der Waals surface area contributed by atoms with Crippen molar-refractivity contribution in [1.82, 2.24) is 9.88 Å². The molecule has 1 aliphatic heterocycles. The van der Waals surface area contributed by atoms with Crippen molar-refractivity contribution in [1.29, 1.82) is 0 Å². The number of amides is 1. The van der Waals surface area contributed by atoms with Gasteiger partial charge in [-0.15, -0.1) is 11.3 Å². The first kappa shape index (κ1) is 17.9. The first-order chi connectivity index (χ1) is 11.8. The van der Waals surface area contributed by atoms with Crippen LogP contribution in [0.15, 0.2) is 29.6 Å². The van der Waals surface area contributed by atoms with Crippen LogP contribution in [-0.2, 0) is 22.1 Å². The van der Waals surface area contributed by atoms with E-state index in [1.54, 1.807) is 10.3 Å². The van der Waals surface area contributed by atoms with Gasteiger partial charge >= 0.3 is 6.18 Å². The molecule has 4 nitrogen and oxygen atoms in total. The Morgan fingerprint density at radius 2 is 2.08 bits per heavy atom. The zero-order valence-electron chi connectivity index (χ0n) is 13.5. The maximum absolute atomic E-state index is 12.6. The molecule has 1 aliphatic rings. The normalized spacial score (nSPS) is 18.4. The second-order valence-electron chi connectivity index (χ2n) is 5.92. The predicted molar refractivity (Wildman–Crippen MR) is 88.3 cm³/mol. The summed E-state index contributed by atoms with van der Waals surface area (Å²) in [6.45, 7) is 3.58. The molecule has 1 atom stereocenters. The Balaban J connectivity index is 1.67. The van der Waals surface area contributed by atoms with Crippen molar-refractivity contribution >= 4 is 17.2 Å². The third-order valence-corrected chi connectivity index (χ3v) is 4.88. The summed E-state index contributed by atoms with van der Waals surface area (Å²) in [6.07, 6.45) is -4.14. The Hall–Kier alpha value is -1.93. The molecule has 134 valence electrons. The van der Waals surface area contributed by atoms with Crippen molar-refractivity contribution in [3.63, 3.8) is 0 Å². The molecule has 1 aromatic carbocycles. The maximum atomic E-state index is 12.6. The lowest BCUT2D eigenvalue weighted by molar-refractivity contribution is -0.138. The molecule has 1 saturated heterocycles. The average molecular weight is 370 g/mol. The van der Waals surface area contributed by atoms with Gasteiger partial charge in [0.05, 0.1) is 30.4 Å². The molecule has 0 bridgehead atoms. The number of carbonyl (C=O) groups excluding carboxylic acids is 1. The van der Waals surface area contributed by atoms with E-state index in [4.69, 9.17) is 4.74 Å². The second kappa shape index (κ2) is 7.13.